The molecule has 1 heterocycles. The van der Waals surface area contributed by atoms with Crippen LogP contribution < -0.4 is 4.74 Å². The highest BCUT2D eigenvalue weighted by atomic mass is 16.5. The van der Waals surface area contributed by atoms with Crippen molar-refractivity contribution in [1.29, 1.82) is 0 Å². The maximum atomic E-state index is 5.25. The molecule has 1 aromatic heterocycles. The van der Waals surface area contributed by atoms with Gasteiger partial charge in [-0.05, 0) is 48.7 Å². The summed E-state index contributed by atoms with van der Waals surface area (Å²) in [6.07, 6.45) is 0.957. The summed E-state index contributed by atoms with van der Waals surface area (Å²) in [5, 5.41) is 0. The van der Waals surface area contributed by atoms with E-state index in [2.05, 4.69) is 30.1 Å². The van der Waals surface area contributed by atoms with Crippen molar-refractivity contribution in [2.75, 3.05) is 7.11 Å². The molecule has 0 radical (unpaired) electrons. The van der Waals surface area contributed by atoms with E-state index in [1.807, 2.05) is 25.1 Å². The second-order valence-electron chi connectivity index (χ2n) is 4.07. The van der Waals surface area contributed by atoms with E-state index < -0.39 is 0 Å². The van der Waals surface area contributed by atoms with Gasteiger partial charge in [-0.15, -0.1) is 0 Å². The fourth-order valence-electron chi connectivity index (χ4n) is 1.89. The van der Waals surface area contributed by atoms with Gasteiger partial charge in [0.15, 0.2) is 0 Å². The molecular formula is C15H17NO. The zero-order valence-electron chi connectivity index (χ0n) is 10.5. The van der Waals surface area contributed by atoms with Gasteiger partial charge in [0, 0.05) is 11.4 Å². The molecule has 0 amide bonds. The smallest absolute Gasteiger partial charge is 0.119 e. The molecule has 0 aliphatic carbocycles. The molecule has 2 nitrogen and oxygen atoms in total. The highest BCUT2D eigenvalue weighted by molar-refractivity contribution is 5.65. The Bertz CT molecular complexity index is 520. The van der Waals surface area contributed by atoms with E-state index in [1.165, 1.54) is 11.1 Å². The molecule has 0 saturated carbocycles. The standard InChI is InChI=1S/C15H17NO/c1-4-14-9-13(8-11(2)16-14)12-6-5-7-15(10-12)17-3/h5-10H,4H2,1-3H3. The number of aromatic nitrogens is 1. The van der Waals surface area contributed by atoms with Crippen molar-refractivity contribution in [1.82, 2.24) is 4.98 Å². The molecule has 0 unspecified atom stereocenters. The van der Waals surface area contributed by atoms with E-state index >= 15 is 0 Å². The second kappa shape index (κ2) is 5.00. The van der Waals surface area contributed by atoms with Gasteiger partial charge in [-0.2, -0.15) is 0 Å². The lowest BCUT2D eigenvalue weighted by Crippen LogP contribution is -1.92. The third-order valence-electron chi connectivity index (χ3n) is 2.77. The molecule has 17 heavy (non-hydrogen) atoms. The molecule has 1 aromatic carbocycles. The number of benzene rings is 1. The number of nitrogens with zero attached hydrogens (tertiary/aromatic N) is 1. The summed E-state index contributed by atoms with van der Waals surface area (Å²) in [4.78, 5) is 4.49. The molecule has 0 N–H and O–H groups in total. The van der Waals surface area contributed by atoms with Gasteiger partial charge in [0.1, 0.15) is 5.75 Å². The van der Waals surface area contributed by atoms with E-state index in [9.17, 15) is 0 Å². The van der Waals surface area contributed by atoms with Crippen LogP contribution in [-0.2, 0) is 6.42 Å². The van der Waals surface area contributed by atoms with Crippen LogP contribution in [0.3, 0.4) is 0 Å². The van der Waals surface area contributed by atoms with Crippen molar-refractivity contribution in [2.45, 2.75) is 20.3 Å². The van der Waals surface area contributed by atoms with Crippen LogP contribution in [-0.4, -0.2) is 12.1 Å². The molecular weight excluding hydrogens is 210 g/mol. The summed E-state index contributed by atoms with van der Waals surface area (Å²) in [5.74, 6) is 0.884. The summed E-state index contributed by atoms with van der Waals surface area (Å²) in [6, 6.07) is 12.4. The molecule has 88 valence electrons. The molecule has 0 bridgehead atoms. The van der Waals surface area contributed by atoms with Crippen LogP contribution in [0, 0.1) is 6.92 Å². The van der Waals surface area contributed by atoms with Crippen molar-refractivity contribution >= 4 is 0 Å². The summed E-state index contributed by atoms with van der Waals surface area (Å²) in [7, 11) is 1.69. The van der Waals surface area contributed by atoms with E-state index in [4.69, 9.17) is 4.74 Å². The first-order valence-electron chi connectivity index (χ1n) is 5.85. The zero-order valence-corrected chi connectivity index (χ0v) is 10.5. The third-order valence-corrected chi connectivity index (χ3v) is 2.77. The molecule has 0 atom stereocenters. The van der Waals surface area contributed by atoms with Gasteiger partial charge >= 0.3 is 0 Å². The average molecular weight is 227 g/mol. The number of rotatable bonds is 3. The van der Waals surface area contributed by atoms with E-state index in [0.29, 0.717) is 0 Å². The summed E-state index contributed by atoms with van der Waals surface area (Å²) in [5.41, 5.74) is 4.56. The first kappa shape index (κ1) is 11.6. The van der Waals surface area contributed by atoms with E-state index in [1.54, 1.807) is 7.11 Å². The number of pyridine rings is 1. The number of methoxy groups -OCH3 is 1. The minimum atomic E-state index is 0.884. The maximum absolute atomic E-state index is 5.25. The van der Waals surface area contributed by atoms with Gasteiger partial charge in [0.25, 0.3) is 0 Å². The summed E-state index contributed by atoms with van der Waals surface area (Å²) in [6.45, 7) is 4.15. The lowest BCUT2D eigenvalue weighted by molar-refractivity contribution is 0.415. The largest absolute Gasteiger partial charge is 0.497 e. The molecule has 0 saturated heterocycles. The Hall–Kier alpha value is -1.83. The Morgan fingerprint density at radius 3 is 2.65 bits per heavy atom. The summed E-state index contributed by atoms with van der Waals surface area (Å²) >= 11 is 0. The van der Waals surface area contributed by atoms with Crippen LogP contribution in [0.4, 0.5) is 0 Å². The highest BCUT2D eigenvalue weighted by Crippen LogP contribution is 2.24. The number of ether oxygens (including phenoxy) is 1. The van der Waals surface area contributed by atoms with Crippen molar-refractivity contribution in [2.24, 2.45) is 0 Å². The van der Waals surface area contributed by atoms with Crippen LogP contribution in [0.25, 0.3) is 11.1 Å². The summed E-state index contributed by atoms with van der Waals surface area (Å²) < 4.78 is 5.25. The maximum Gasteiger partial charge on any atom is 0.119 e. The third kappa shape index (κ3) is 2.64. The van der Waals surface area contributed by atoms with Crippen LogP contribution in [0.1, 0.15) is 18.3 Å². The van der Waals surface area contributed by atoms with E-state index in [0.717, 1.165) is 23.6 Å². The Morgan fingerprint density at radius 1 is 1.12 bits per heavy atom. The Kier molecular flexibility index (Phi) is 3.43. The normalized spacial score (nSPS) is 10.3. The molecule has 0 aliphatic rings. The second-order valence-corrected chi connectivity index (χ2v) is 4.07. The van der Waals surface area contributed by atoms with Gasteiger partial charge in [-0.1, -0.05) is 19.1 Å². The van der Waals surface area contributed by atoms with Gasteiger partial charge in [-0.25, -0.2) is 0 Å². The zero-order chi connectivity index (χ0) is 12.3. The number of hydrogen-bond acceptors (Lipinski definition) is 2. The molecule has 2 heteroatoms. The minimum absolute atomic E-state index is 0.884. The molecule has 0 spiro atoms. The fourth-order valence-corrected chi connectivity index (χ4v) is 1.89. The lowest BCUT2D eigenvalue weighted by Gasteiger charge is -2.07. The molecule has 2 rings (SSSR count). The number of aryl methyl sites for hydroxylation is 2. The Balaban J connectivity index is 2.47. The van der Waals surface area contributed by atoms with Crippen LogP contribution in [0.5, 0.6) is 5.75 Å². The van der Waals surface area contributed by atoms with Crippen molar-refractivity contribution in [3.63, 3.8) is 0 Å². The van der Waals surface area contributed by atoms with Crippen LogP contribution in [0.15, 0.2) is 36.4 Å². The van der Waals surface area contributed by atoms with Gasteiger partial charge in [0.05, 0.1) is 7.11 Å². The number of hydrogen-bond donors (Lipinski definition) is 0. The van der Waals surface area contributed by atoms with Crippen LogP contribution >= 0.6 is 0 Å². The van der Waals surface area contributed by atoms with Gasteiger partial charge in [0.2, 0.25) is 0 Å². The minimum Gasteiger partial charge on any atom is -0.497 e. The molecule has 2 aromatic rings. The first-order valence-corrected chi connectivity index (χ1v) is 5.85. The van der Waals surface area contributed by atoms with Crippen LogP contribution in [0.2, 0.25) is 0 Å². The SMILES string of the molecule is CCc1cc(-c2cccc(OC)c2)cc(C)n1. The predicted molar refractivity (Wildman–Crippen MR) is 70.3 cm³/mol. The topological polar surface area (TPSA) is 22.1 Å². The average Bonchev–Trinajstić information content (AvgIpc) is 2.38. The monoisotopic (exact) mass is 227 g/mol. The Labute approximate surface area is 102 Å². The first-order chi connectivity index (χ1) is 8.22. The highest BCUT2D eigenvalue weighted by Gasteiger charge is 2.03. The van der Waals surface area contributed by atoms with Gasteiger partial charge < -0.3 is 4.74 Å². The Morgan fingerprint density at radius 2 is 1.94 bits per heavy atom. The van der Waals surface area contributed by atoms with Gasteiger partial charge in [-0.3, -0.25) is 4.98 Å². The van der Waals surface area contributed by atoms with Crippen molar-refractivity contribution in [3.05, 3.63) is 47.8 Å². The predicted octanol–water partition coefficient (Wildman–Crippen LogP) is 3.63. The van der Waals surface area contributed by atoms with Crippen molar-refractivity contribution < 1.29 is 4.74 Å². The molecule has 0 aliphatic heterocycles. The van der Waals surface area contributed by atoms with Crippen molar-refractivity contribution in [3.8, 4) is 16.9 Å². The lowest BCUT2D eigenvalue weighted by atomic mass is 10.0. The molecule has 0 fully saturated rings. The quantitative estimate of drug-likeness (QED) is 0.798. The van der Waals surface area contributed by atoms with E-state index in [-0.39, 0.29) is 0 Å². The fraction of sp³-hybridized carbons (Fsp3) is 0.267.